The highest BCUT2D eigenvalue weighted by Gasteiger charge is 2.41. The topological polar surface area (TPSA) is 28.2 Å². The van der Waals surface area contributed by atoms with E-state index in [0.717, 1.165) is 6.04 Å². The zero-order valence-electron chi connectivity index (χ0n) is 13.0. The molecule has 1 aromatic rings. The molecule has 1 saturated carbocycles. The van der Waals surface area contributed by atoms with Gasteiger partial charge in [0, 0.05) is 17.5 Å². The maximum Gasteiger partial charge on any atom is 0.113 e. The first kappa shape index (κ1) is 14.5. The van der Waals surface area contributed by atoms with Crippen LogP contribution in [0.25, 0.3) is 0 Å². The number of nitrogens with zero attached hydrogens (tertiary/aromatic N) is 2. The van der Waals surface area contributed by atoms with Gasteiger partial charge in [-0.25, -0.2) is 4.98 Å². The number of aromatic nitrogens is 1. The third-order valence-corrected chi connectivity index (χ3v) is 6.15. The largest absolute Gasteiger partial charge is 0.304 e. The number of rotatable bonds is 4. The summed E-state index contributed by atoms with van der Waals surface area (Å²) < 4.78 is 0. The normalized spacial score (nSPS) is 28.6. The van der Waals surface area contributed by atoms with Crippen molar-refractivity contribution in [3.63, 3.8) is 0 Å². The minimum atomic E-state index is 0.148. The van der Waals surface area contributed by atoms with Gasteiger partial charge >= 0.3 is 0 Å². The second kappa shape index (κ2) is 5.74. The van der Waals surface area contributed by atoms with Crippen LogP contribution in [-0.4, -0.2) is 35.6 Å². The van der Waals surface area contributed by atoms with Gasteiger partial charge in [0.15, 0.2) is 0 Å². The number of thiazole rings is 1. The summed E-state index contributed by atoms with van der Waals surface area (Å²) in [6.07, 6.45) is 6.44. The Labute approximate surface area is 126 Å². The van der Waals surface area contributed by atoms with Crippen LogP contribution < -0.4 is 5.32 Å². The first-order chi connectivity index (χ1) is 9.63. The molecule has 1 aliphatic carbocycles. The van der Waals surface area contributed by atoms with Crippen molar-refractivity contribution >= 4 is 11.3 Å². The zero-order chi connectivity index (χ0) is 14.2. The highest BCUT2D eigenvalue weighted by atomic mass is 32.1. The standard InChI is InChI=1S/C16H27N3S/c1-4-19-10-5-8-16(9-11-19,18-14-6-7-14)15-17-12(2)13(3)20-15/h14,18H,4-11H2,1-3H3. The summed E-state index contributed by atoms with van der Waals surface area (Å²) >= 11 is 1.92. The molecule has 2 heterocycles. The van der Waals surface area contributed by atoms with Gasteiger partial charge in [-0.1, -0.05) is 6.92 Å². The average Bonchev–Trinajstić information content (AvgIpc) is 3.21. The lowest BCUT2D eigenvalue weighted by atomic mass is 9.91. The molecule has 1 atom stereocenters. The molecule has 0 radical (unpaired) electrons. The van der Waals surface area contributed by atoms with Gasteiger partial charge in [-0.15, -0.1) is 11.3 Å². The van der Waals surface area contributed by atoms with E-state index < -0.39 is 0 Å². The first-order valence-electron chi connectivity index (χ1n) is 8.07. The zero-order valence-corrected chi connectivity index (χ0v) is 13.9. The molecule has 1 aliphatic heterocycles. The molecule has 0 aromatic carbocycles. The maximum atomic E-state index is 4.92. The number of likely N-dealkylation sites (tertiary alicyclic amines) is 1. The fourth-order valence-electron chi connectivity index (χ4n) is 3.22. The average molecular weight is 293 g/mol. The summed E-state index contributed by atoms with van der Waals surface area (Å²) in [6, 6.07) is 0.743. The van der Waals surface area contributed by atoms with Crippen LogP contribution in [0.15, 0.2) is 0 Å². The van der Waals surface area contributed by atoms with Crippen LogP contribution in [0.3, 0.4) is 0 Å². The second-order valence-electron chi connectivity index (χ2n) is 6.45. The third-order valence-electron chi connectivity index (χ3n) is 4.88. The van der Waals surface area contributed by atoms with E-state index in [0.29, 0.717) is 0 Å². The molecule has 1 N–H and O–H groups in total. The van der Waals surface area contributed by atoms with Gasteiger partial charge in [0.25, 0.3) is 0 Å². The highest BCUT2D eigenvalue weighted by Crippen LogP contribution is 2.39. The molecule has 112 valence electrons. The lowest BCUT2D eigenvalue weighted by Gasteiger charge is -2.32. The number of nitrogens with one attached hydrogen (secondary N) is 1. The Morgan fingerprint density at radius 1 is 1.30 bits per heavy atom. The van der Waals surface area contributed by atoms with Crippen LogP contribution in [0.4, 0.5) is 0 Å². The molecule has 3 rings (SSSR count). The number of hydrogen-bond acceptors (Lipinski definition) is 4. The van der Waals surface area contributed by atoms with Gasteiger partial charge < -0.3 is 10.2 Å². The van der Waals surface area contributed by atoms with E-state index in [4.69, 9.17) is 4.98 Å². The van der Waals surface area contributed by atoms with Gasteiger partial charge in [0.05, 0.1) is 11.2 Å². The summed E-state index contributed by atoms with van der Waals surface area (Å²) in [4.78, 5) is 8.89. The summed E-state index contributed by atoms with van der Waals surface area (Å²) in [5.41, 5.74) is 1.37. The summed E-state index contributed by atoms with van der Waals surface area (Å²) in [5, 5.41) is 5.31. The monoisotopic (exact) mass is 293 g/mol. The molecule has 20 heavy (non-hydrogen) atoms. The van der Waals surface area contributed by atoms with E-state index in [-0.39, 0.29) is 5.54 Å². The Kier molecular flexibility index (Phi) is 4.16. The molecule has 4 heteroatoms. The molecule has 2 fully saturated rings. The van der Waals surface area contributed by atoms with Gasteiger partial charge in [0.2, 0.25) is 0 Å². The highest BCUT2D eigenvalue weighted by molar-refractivity contribution is 7.11. The Morgan fingerprint density at radius 2 is 2.10 bits per heavy atom. The van der Waals surface area contributed by atoms with Crippen molar-refractivity contribution in [2.45, 2.75) is 64.5 Å². The van der Waals surface area contributed by atoms with Crippen LogP contribution in [0.1, 0.15) is 54.6 Å². The van der Waals surface area contributed by atoms with Crippen LogP contribution in [-0.2, 0) is 5.54 Å². The van der Waals surface area contributed by atoms with Crippen molar-refractivity contribution < 1.29 is 0 Å². The predicted octanol–water partition coefficient (Wildman–Crippen LogP) is 3.21. The minimum absolute atomic E-state index is 0.148. The van der Waals surface area contributed by atoms with E-state index in [9.17, 15) is 0 Å². The molecule has 0 spiro atoms. The predicted molar refractivity (Wildman–Crippen MR) is 85.4 cm³/mol. The Balaban J connectivity index is 1.87. The van der Waals surface area contributed by atoms with Crippen molar-refractivity contribution in [2.75, 3.05) is 19.6 Å². The van der Waals surface area contributed by atoms with Crippen LogP contribution in [0.5, 0.6) is 0 Å². The minimum Gasteiger partial charge on any atom is -0.304 e. The second-order valence-corrected chi connectivity index (χ2v) is 7.65. The molecule has 0 bridgehead atoms. The van der Waals surface area contributed by atoms with Crippen molar-refractivity contribution in [3.05, 3.63) is 15.6 Å². The smallest absolute Gasteiger partial charge is 0.113 e. The number of hydrogen-bond donors (Lipinski definition) is 1. The molecule has 2 aliphatic rings. The lowest BCUT2D eigenvalue weighted by Crippen LogP contribution is -2.44. The van der Waals surface area contributed by atoms with Gasteiger partial charge in [-0.3, -0.25) is 0 Å². The molecular weight excluding hydrogens is 266 g/mol. The summed E-state index contributed by atoms with van der Waals surface area (Å²) in [6.45, 7) is 10.3. The Bertz CT molecular complexity index is 447. The van der Waals surface area contributed by atoms with Crippen LogP contribution >= 0.6 is 11.3 Å². The molecule has 1 saturated heterocycles. The molecule has 0 amide bonds. The molecule has 1 aromatic heterocycles. The fraction of sp³-hybridized carbons (Fsp3) is 0.812. The van der Waals surface area contributed by atoms with Crippen LogP contribution in [0.2, 0.25) is 0 Å². The quantitative estimate of drug-likeness (QED) is 0.924. The molecule has 3 nitrogen and oxygen atoms in total. The maximum absolute atomic E-state index is 4.92. The van der Waals surface area contributed by atoms with Crippen LogP contribution in [0, 0.1) is 13.8 Å². The van der Waals surface area contributed by atoms with Crippen molar-refractivity contribution in [1.82, 2.24) is 15.2 Å². The Hall–Kier alpha value is -0.450. The lowest BCUT2D eigenvalue weighted by molar-refractivity contribution is 0.261. The molecular formula is C16H27N3S. The summed E-state index contributed by atoms with van der Waals surface area (Å²) in [7, 11) is 0. The fourth-order valence-corrected chi connectivity index (χ4v) is 4.35. The first-order valence-corrected chi connectivity index (χ1v) is 8.89. The SMILES string of the molecule is CCN1CCCC(NC2CC2)(c2nc(C)c(C)s2)CC1. The van der Waals surface area contributed by atoms with E-state index in [2.05, 4.69) is 31.0 Å². The van der Waals surface area contributed by atoms with Crippen molar-refractivity contribution in [1.29, 1.82) is 0 Å². The van der Waals surface area contributed by atoms with Crippen molar-refractivity contribution in [2.24, 2.45) is 0 Å². The van der Waals surface area contributed by atoms with Gasteiger partial charge in [-0.05, 0) is 59.0 Å². The van der Waals surface area contributed by atoms with Gasteiger partial charge in [-0.2, -0.15) is 0 Å². The van der Waals surface area contributed by atoms with E-state index in [1.807, 2.05) is 11.3 Å². The van der Waals surface area contributed by atoms with E-state index in [1.165, 1.54) is 67.3 Å². The molecule has 1 unspecified atom stereocenters. The van der Waals surface area contributed by atoms with E-state index in [1.54, 1.807) is 0 Å². The summed E-state index contributed by atoms with van der Waals surface area (Å²) in [5.74, 6) is 0. The van der Waals surface area contributed by atoms with Crippen molar-refractivity contribution in [3.8, 4) is 0 Å². The Morgan fingerprint density at radius 3 is 2.70 bits per heavy atom. The van der Waals surface area contributed by atoms with Gasteiger partial charge in [0.1, 0.15) is 5.01 Å². The third kappa shape index (κ3) is 2.92. The van der Waals surface area contributed by atoms with E-state index >= 15 is 0 Å². The number of aryl methyl sites for hydroxylation is 2.